The molecule has 0 saturated carbocycles. The molecule has 9 nitrogen and oxygen atoms in total. The molecule has 140 valence electrons. The van der Waals surface area contributed by atoms with Crippen molar-refractivity contribution in [3.05, 3.63) is 0 Å². The quantitative estimate of drug-likeness (QED) is 0.346. The smallest absolute Gasteiger partial charge is 0.305 e. The van der Waals surface area contributed by atoms with Gasteiger partial charge in [-0.05, 0) is 6.42 Å². The van der Waals surface area contributed by atoms with Gasteiger partial charge in [0.2, 0.25) is 0 Å². The molecule has 9 heteroatoms. The number of carboxylic acids is 3. The van der Waals surface area contributed by atoms with Gasteiger partial charge >= 0.3 is 17.9 Å². The molecule has 24 heavy (non-hydrogen) atoms. The van der Waals surface area contributed by atoms with Gasteiger partial charge in [-0.2, -0.15) is 0 Å². The topological polar surface area (TPSA) is 140 Å². The average molecular weight is 350 g/mol. The van der Waals surface area contributed by atoms with E-state index < -0.39 is 23.3 Å². The van der Waals surface area contributed by atoms with Gasteiger partial charge in [0.15, 0.2) is 0 Å². The summed E-state index contributed by atoms with van der Waals surface area (Å²) in [5.74, 6) is -2.90. The molecule has 0 aromatic carbocycles. The van der Waals surface area contributed by atoms with Crippen molar-refractivity contribution in [1.82, 2.24) is 0 Å². The van der Waals surface area contributed by atoms with Gasteiger partial charge in [0, 0.05) is 5.41 Å². The third kappa shape index (κ3) is 11.8. The highest BCUT2D eigenvalue weighted by atomic mass is 16.5. The van der Waals surface area contributed by atoms with Crippen LogP contribution < -0.4 is 0 Å². The molecule has 0 rings (SSSR count). The Morgan fingerprint density at radius 3 is 1.21 bits per heavy atom. The highest BCUT2D eigenvalue weighted by Gasteiger charge is 2.30. The number of hydrogen-bond donors (Lipinski definition) is 3. The third-order valence-corrected chi connectivity index (χ3v) is 3.36. The zero-order chi connectivity index (χ0) is 18.4. The minimum Gasteiger partial charge on any atom is -0.481 e. The highest BCUT2D eigenvalue weighted by molar-refractivity contribution is 5.67. The van der Waals surface area contributed by atoms with E-state index in [1.54, 1.807) is 0 Å². The number of hydrogen-bond acceptors (Lipinski definition) is 6. The monoisotopic (exact) mass is 350 g/mol. The predicted molar refractivity (Wildman–Crippen MR) is 81.9 cm³/mol. The Hall–Kier alpha value is -1.71. The van der Waals surface area contributed by atoms with Gasteiger partial charge in [-0.25, -0.2) is 0 Å². The van der Waals surface area contributed by atoms with E-state index in [1.807, 2.05) is 6.92 Å². The molecule has 0 spiro atoms. The Bertz CT molecular complexity index is 339. The van der Waals surface area contributed by atoms with E-state index in [0.29, 0.717) is 6.42 Å². The highest BCUT2D eigenvalue weighted by Crippen LogP contribution is 2.24. The van der Waals surface area contributed by atoms with E-state index in [2.05, 4.69) is 0 Å². The van der Waals surface area contributed by atoms with Crippen LogP contribution in [0.2, 0.25) is 0 Å². The number of rotatable bonds is 16. The van der Waals surface area contributed by atoms with Crippen molar-refractivity contribution in [3.8, 4) is 0 Å². The van der Waals surface area contributed by atoms with Crippen LogP contribution in [0.4, 0.5) is 0 Å². The first-order valence-corrected chi connectivity index (χ1v) is 7.70. The summed E-state index contributed by atoms with van der Waals surface area (Å²) < 4.78 is 16.2. The van der Waals surface area contributed by atoms with Crippen LogP contribution in [0.15, 0.2) is 0 Å². The van der Waals surface area contributed by atoms with Crippen molar-refractivity contribution in [2.75, 3.05) is 39.6 Å². The Balaban J connectivity index is 4.45. The van der Waals surface area contributed by atoms with Crippen molar-refractivity contribution in [1.29, 1.82) is 0 Å². The van der Waals surface area contributed by atoms with Crippen LogP contribution in [-0.4, -0.2) is 72.9 Å². The van der Waals surface area contributed by atoms with Gasteiger partial charge in [-0.3, -0.25) is 14.4 Å². The van der Waals surface area contributed by atoms with Crippen molar-refractivity contribution in [2.45, 2.75) is 32.6 Å². The van der Waals surface area contributed by atoms with E-state index in [-0.39, 0.29) is 58.9 Å². The summed E-state index contributed by atoms with van der Waals surface area (Å²) in [7, 11) is 0. The predicted octanol–water partition coefficient (Wildman–Crippen LogP) is 0.857. The molecular weight excluding hydrogens is 324 g/mol. The minimum absolute atomic E-state index is 0.0430. The van der Waals surface area contributed by atoms with Crippen LogP contribution in [0.5, 0.6) is 0 Å². The average Bonchev–Trinajstić information content (AvgIpc) is 2.51. The maximum absolute atomic E-state index is 10.5. The van der Waals surface area contributed by atoms with E-state index in [1.165, 1.54) is 0 Å². The standard InChI is InChI=1S/C15H26O9/c1-2-15(9-22-6-3-12(16)17,10-23-7-4-13(18)19)11-24-8-5-14(20)21/h2-11H2,1H3,(H,16,17)(H,18,19)(H,20,21). The number of ether oxygens (including phenoxy) is 3. The van der Waals surface area contributed by atoms with Crippen molar-refractivity contribution < 1.29 is 43.9 Å². The van der Waals surface area contributed by atoms with Gasteiger partial charge in [0.25, 0.3) is 0 Å². The van der Waals surface area contributed by atoms with Crippen molar-refractivity contribution in [2.24, 2.45) is 5.41 Å². The molecule has 0 amide bonds. The van der Waals surface area contributed by atoms with Crippen molar-refractivity contribution in [3.63, 3.8) is 0 Å². The Morgan fingerprint density at radius 1 is 0.708 bits per heavy atom. The van der Waals surface area contributed by atoms with Crippen LogP contribution >= 0.6 is 0 Å². The largest absolute Gasteiger partial charge is 0.481 e. The molecule has 0 aliphatic rings. The Labute approximate surface area is 140 Å². The maximum Gasteiger partial charge on any atom is 0.305 e. The summed E-state index contributed by atoms with van der Waals surface area (Å²) in [5.41, 5.74) is -0.588. The summed E-state index contributed by atoms with van der Waals surface area (Å²) in [6.07, 6.45) is 0.207. The molecule has 0 radical (unpaired) electrons. The molecule has 0 aliphatic heterocycles. The fourth-order valence-electron chi connectivity index (χ4n) is 1.78. The van der Waals surface area contributed by atoms with Crippen LogP contribution in [0.25, 0.3) is 0 Å². The van der Waals surface area contributed by atoms with E-state index >= 15 is 0 Å². The van der Waals surface area contributed by atoms with Gasteiger partial charge in [0.05, 0.1) is 58.9 Å². The molecule has 3 N–H and O–H groups in total. The Morgan fingerprint density at radius 2 is 1.00 bits per heavy atom. The molecule has 0 atom stereocenters. The summed E-state index contributed by atoms with van der Waals surface area (Å²) in [5, 5.41) is 25.8. The second kappa shape index (κ2) is 12.7. The summed E-state index contributed by atoms with van der Waals surface area (Å²) in [6, 6.07) is 0. The van der Waals surface area contributed by atoms with Crippen LogP contribution in [0.3, 0.4) is 0 Å². The maximum atomic E-state index is 10.5. The van der Waals surface area contributed by atoms with Gasteiger partial charge in [-0.1, -0.05) is 6.92 Å². The molecule has 0 saturated heterocycles. The van der Waals surface area contributed by atoms with E-state index in [4.69, 9.17) is 29.5 Å². The van der Waals surface area contributed by atoms with E-state index in [0.717, 1.165) is 0 Å². The zero-order valence-electron chi connectivity index (χ0n) is 13.9. The second-order valence-corrected chi connectivity index (χ2v) is 5.44. The zero-order valence-corrected chi connectivity index (χ0v) is 13.9. The first kappa shape index (κ1) is 22.3. The van der Waals surface area contributed by atoms with Gasteiger partial charge in [0.1, 0.15) is 0 Å². The van der Waals surface area contributed by atoms with Crippen LogP contribution in [-0.2, 0) is 28.6 Å². The lowest BCUT2D eigenvalue weighted by molar-refractivity contribution is -0.139. The minimum atomic E-state index is -0.965. The lowest BCUT2D eigenvalue weighted by Crippen LogP contribution is -2.37. The summed E-state index contributed by atoms with van der Waals surface area (Å²) in [6.45, 7) is 2.54. The molecule has 0 bridgehead atoms. The molecule has 0 fully saturated rings. The number of aliphatic carboxylic acids is 3. The molecular formula is C15H26O9. The van der Waals surface area contributed by atoms with Crippen LogP contribution in [0.1, 0.15) is 32.6 Å². The first-order valence-electron chi connectivity index (χ1n) is 7.70. The lowest BCUT2D eigenvalue weighted by atomic mass is 9.88. The summed E-state index contributed by atoms with van der Waals surface area (Å²) >= 11 is 0. The van der Waals surface area contributed by atoms with Gasteiger partial charge in [-0.15, -0.1) is 0 Å². The normalized spacial score (nSPS) is 11.4. The van der Waals surface area contributed by atoms with Gasteiger partial charge < -0.3 is 29.5 Å². The molecule has 0 heterocycles. The molecule has 0 aliphatic carbocycles. The fourth-order valence-corrected chi connectivity index (χ4v) is 1.78. The van der Waals surface area contributed by atoms with E-state index in [9.17, 15) is 14.4 Å². The fraction of sp³-hybridized carbons (Fsp3) is 0.800. The second-order valence-electron chi connectivity index (χ2n) is 5.44. The first-order chi connectivity index (χ1) is 11.3. The Kier molecular flexibility index (Phi) is 11.8. The molecule has 0 unspecified atom stereocenters. The third-order valence-electron chi connectivity index (χ3n) is 3.36. The lowest BCUT2D eigenvalue weighted by Gasteiger charge is -2.32. The van der Waals surface area contributed by atoms with Crippen LogP contribution in [0, 0.1) is 5.41 Å². The number of carbonyl (C=O) groups is 3. The SMILES string of the molecule is CCC(COCCC(=O)O)(COCCC(=O)O)COCCC(=O)O. The number of carboxylic acid groups (broad SMARTS) is 3. The van der Waals surface area contributed by atoms with Crippen molar-refractivity contribution >= 4 is 17.9 Å². The molecule has 0 aromatic heterocycles. The summed E-state index contributed by atoms with van der Waals surface area (Å²) in [4.78, 5) is 31.5. The molecule has 0 aromatic rings.